The third kappa shape index (κ3) is 4.14. The fraction of sp³-hybridized carbons (Fsp3) is 0.688. The lowest BCUT2D eigenvalue weighted by atomic mass is 10.1. The Hall–Kier alpha value is -1.20. The van der Waals surface area contributed by atoms with Crippen LogP contribution in [0.5, 0.6) is 0 Å². The molecule has 21 heavy (non-hydrogen) atoms. The van der Waals surface area contributed by atoms with E-state index in [1.54, 1.807) is 6.07 Å². The van der Waals surface area contributed by atoms with Crippen LogP contribution in [-0.4, -0.2) is 48.6 Å². The summed E-state index contributed by atoms with van der Waals surface area (Å²) in [5.74, 6) is 0.672. The third-order valence-corrected chi connectivity index (χ3v) is 4.30. The van der Waals surface area contributed by atoms with Crippen LogP contribution in [0.15, 0.2) is 12.3 Å². The standard InChI is InChI=1S/C16H27FN4/c1-4-13(3)20-6-8-21(9-7-20)16-14(11-18-5-2)10-15(17)12-19-16/h10,12-13,18H,4-9,11H2,1-3H3. The topological polar surface area (TPSA) is 31.4 Å². The molecule has 1 N–H and O–H groups in total. The number of piperazine rings is 1. The molecular formula is C16H27FN4. The monoisotopic (exact) mass is 294 g/mol. The van der Waals surface area contributed by atoms with Crippen LogP contribution < -0.4 is 10.2 Å². The van der Waals surface area contributed by atoms with E-state index < -0.39 is 0 Å². The number of hydrogen-bond donors (Lipinski definition) is 1. The van der Waals surface area contributed by atoms with Gasteiger partial charge >= 0.3 is 0 Å². The average Bonchev–Trinajstić information content (AvgIpc) is 2.52. The summed E-state index contributed by atoms with van der Waals surface area (Å²) in [6, 6.07) is 2.24. The first-order valence-corrected chi connectivity index (χ1v) is 7.99. The van der Waals surface area contributed by atoms with Gasteiger partial charge in [-0.3, -0.25) is 4.90 Å². The Morgan fingerprint density at radius 3 is 2.62 bits per heavy atom. The van der Waals surface area contributed by atoms with Crippen molar-refractivity contribution in [1.29, 1.82) is 0 Å². The first-order chi connectivity index (χ1) is 10.2. The molecule has 2 heterocycles. The largest absolute Gasteiger partial charge is 0.354 e. The molecule has 1 saturated heterocycles. The molecule has 1 aliphatic rings. The van der Waals surface area contributed by atoms with E-state index in [0.717, 1.165) is 44.1 Å². The smallest absolute Gasteiger partial charge is 0.141 e. The number of anilines is 1. The molecule has 0 radical (unpaired) electrons. The van der Waals surface area contributed by atoms with Crippen LogP contribution in [0.1, 0.15) is 32.8 Å². The van der Waals surface area contributed by atoms with Crippen LogP contribution in [0.25, 0.3) is 0 Å². The van der Waals surface area contributed by atoms with Crippen molar-refractivity contribution in [3.05, 3.63) is 23.6 Å². The van der Waals surface area contributed by atoms with Crippen molar-refractivity contribution in [2.75, 3.05) is 37.6 Å². The Kier molecular flexibility index (Phi) is 5.94. The second-order valence-electron chi connectivity index (χ2n) is 5.70. The van der Waals surface area contributed by atoms with E-state index in [0.29, 0.717) is 12.6 Å². The Labute approximate surface area is 127 Å². The molecule has 0 amide bonds. The predicted octanol–water partition coefficient (Wildman–Crippen LogP) is 2.25. The van der Waals surface area contributed by atoms with E-state index in [2.05, 4.69) is 40.9 Å². The lowest BCUT2D eigenvalue weighted by molar-refractivity contribution is 0.192. The van der Waals surface area contributed by atoms with Crippen LogP contribution in [0, 0.1) is 5.82 Å². The molecule has 0 aromatic carbocycles. The number of rotatable bonds is 6. The first kappa shape index (κ1) is 16.2. The zero-order chi connectivity index (χ0) is 15.2. The fourth-order valence-electron chi connectivity index (χ4n) is 2.78. The van der Waals surface area contributed by atoms with Gasteiger partial charge in [-0.1, -0.05) is 13.8 Å². The van der Waals surface area contributed by atoms with Crippen molar-refractivity contribution in [2.45, 2.75) is 39.8 Å². The maximum atomic E-state index is 13.4. The number of halogens is 1. The Morgan fingerprint density at radius 2 is 2.00 bits per heavy atom. The van der Waals surface area contributed by atoms with Crippen molar-refractivity contribution in [3.63, 3.8) is 0 Å². The lowest BCUT2D eigenvalue weighted by Gasteiger charge is -2.39. The van der Waals surface area contributed by atoms with Crippen LogP contribution in [0.4, 0.5) is 10.2 Å². The van der Waals surface area contributed by atoms with Gasteiger partial charge in [-0.25, -0.2) is 9.37 Å². The number of aromatic nitrogens is 1. The van der Waals surface area contributed by atoms with Gasteiger partial charge in [0.1, 0.15) is 11.6 Å². The highest BCUT2D eigenvalue weighted by Crippen LogP contribution is 2.21. The molecule has 1 atom stereocenters. The van der Waals surface area contributed by atoms with Gasteiger partial charge in [0.05, 0.1) is 6.20 Å². The van der Waals surface area contributed by atoms with Crippen LogP contribution in [0.2, 0.25) is 0 Å². The normalized spacial score (nSPS) is 18.0. The number of nitrogens with one attached hydrogen (secondary N) is 1. The van der Waals surface area contributed by atoms with Gasteiger partial charge in [0.25, 0.3) is 0 Å². The minimum absolute atomic E-state index is 0.259. The number of hydrogen-bond acceptors (Lipinski definition) is 4. The second-order valence-corrected chi connectivity index (χ2v) is 5.70. The SMILES string of the molecule is CCNCc1cc(F)cnc1N1CCN(C(C)CC)CC1. The van der Waals surface area contributed by atoms with E-state index in [4.69, 9.17) is 0 Å². The predicted molar refractivity (Wildman–Crippen MR) is 85.1 cm³/mol. The summed E-state index contributed by atoms with van der Waals surface area (Å²) in [6.45, 7) is 12.1. The van der Waals surface area contributed by atoms with Gasteiger partial charge in [0.2, 0.25) is 0 Å². The summed E-state index contributed by atoms with van der Waals surface area (Å²) < 4.78 is 13.4. The summed E-state index contributed by atoms with van der Waals surface area (Å²) >= 11 is 0. The van der Waals surface area contributed by atoms with E-state index in [1.165, 1.54) is 12.6 Å². The van der Waals surface area contributed by atoms with E-state index in [-0.39, 0.29) is 5.82 Å². The molecule has 118 valence electrons. The quantitative estimate of drug-likeness (QED) is 0.872. The molecule has 5 heteroatoms. The molecule has 0 bridgehead atoms. The molecule has 1 fully saturated rings. The first-order valence-electron chi connectivity index (χ1n) is 7.99. The molecule has 0 saturated carbocycles. The maximum absolute atomic E-state index is 13.4. The molecule has 0 spiro atoms. The van der Waals surface area contributed by atoms with Gasteiger partial charge in [-0.05, 0) is 26.0 Å². The summed E-state index contributed by atoms with van der Waals surface area (Å²) in [7, 11) is 0. The minimum Gasteiger partial charge on any atom is -0.354 e. The molecule has 4 nitrogen and oxygen atoms in total. The van der Waals surface area contributed by atoms with Crippen molar-refractivity contribution < 1.29 is 4.39 Å². The fourth-order valence-corrected chi connectivity index (χ4v) is 2.78. The Bertz CT molecular complexity index is 444. The van der Waals surface area contributed by atoms with Gasteiger partial charge in [-0.15, -0.1) is 0 Å². The number of pyridine rings is 1. The zero-order valence-corrected chi connectivity index (χ0v) is 13.4. The highest BCUT2D eigenvalue weighted by molar-refractivity contribution is 5.47. The van der Waals surface area contributed by atoms with Gasteiger partial charge in [-0.2, -0.15) is 0 Å². The summed E-state index contributed by atoms with van der Waals surface area (Å²) in [5.41, 5.74) is 0.953. The van der Waals surface area contributed by atoms with Gasteiger partial charge in [0, 0.05) is 44.3 Å². The Morgan fingerprint density at radius 1 is 1.29 bits per heavy atom. The van der Waals surface area contributed by atoms with E-state index in [9.17, 15) is 4.39 Å². The summed E-state index contributed by atoms with van der Waals surface area (Å²) in [6.07, 6.45) is 2.51. The highest BCUT2D eigenvalue weighted by atomic mass is 19.1. The lowest BCUT2D eigenvalue weighted by Crippen LogP contribution is -2.50. The minimum atomic E-state index is -0.259. The highest BCUT2D eigenvalue weighted by Gasteiger charge is 2.22. The molecule has 1 aliphatic heterocycles. The number of nitrogens with zero attached hydrogens (tertiary/aromatic N) is 3. The average molecular weight is 294 g/mol. The summed E-state index contributed by atoms with van der Waals surface area (Å²) in [4.78, 5) is 9.14. The summed E-state index contributed by atoms with van der Waals surface area (Å²) in [5, 5.41) is 3.26. The van der Waals surface area contributed by atoms with Crippen molar-refractivity contribution in [3.8, 4) is 0 Å². The van der Waals surface area contributed by atoms with E-state index in [1.807, 2.05) is 0 Å². The second kappa shape index (κ2) is 7.71. The molecule has 1 unspecified atom stereocenters. The van der Waals surface area contributed by atoms with Gasteiger partial charge in [0.15, 0.2) is 0 Å². The molecule has 2 rings (SSSR count). The molecule has 1 aromatic heterocycles. The van der Waals surface area contributed by atoms with E-state index >= 15 is 0 Å². The third-order valence-electron chi connectivity index (χ3n) is 4.30. The zero-order valence-electron chi connectivity index (χ0n) is 13.4. The van der Waals surface area contributed by atoms with Crippen LogP contribution in [0.3, 0.4) is 0 Å². The molecular weight excluding hydrogens is 267 g/mol. The van der Waals surface area contributed by atoms with Crippen molar-refractivity contribution in [2.24, 2.45) is 0 Å². The maximum Gasteiger partial charge on any atom is 0.141 e. The van der Waals surface area contributed by atoms with Crippen LogP contribution in [-0.2, 0) is 6.54 Å². The molecule has 0 aliphatic carbocycles. The van der Waals surface area contributed by atoms with Crippen LogP contribution >= 0.6 is 0 Å². The van der Waals surface area contributed by atoms with Gasteiger partial charge < -0.3 is 10.2 Å². The Balaban J connectivity index is 2.05. The van der Waals surface area contributed by atoms with Crippen molar-refractivity contribution >= 4 is 5.82 Å². The molecule has 1 aromatic rings. The van der Waals surface area contributed by atoms with Crippen molar-refractivity contribution in [1.82, 2.24) is 15.2 Å².